The maximum Gasteiger partial charge on any atom is 0.255 e. The minimum Gasteiger partial charge on any atom is -0.495 e. The van der Waals surface area contributed by atoms with Crippen molar-refractivity contribution in [1.29, 1.82) is 0 Å². The highest BCUT2D eigenvalue weighted by Crippen LogP contribution is 2.33. The molecule has 4 rings (SSSR count). The zero-order valence-electron chi connectivity index (χ0n) is 19.5. The van der Waals surface area contributed by atoms with E-state index in [2.05, 4.69) is 43.4 Å². The van der Waals surface area contributed by atoms with E-state index in [-0.39, 0.29) is 5.91 Å². The minimum absolute atomic E-state index is 0.185. The van der Waals surface area contributed by atoms with Gasteiger partial charge in [0.1, 0.15) is 5.75 Å². The second-order valence-electron chi connectivity index (χ2n) is 8.01. The lowest BCUT2D eigenvalue weighted by molar-refractivity contribution is 0.0954. The molecule has 0 saturated heterocycles. The summed E-state index contributed by atoms with van der Waals surface area (Å²) in [5.74, 6) is 0.382. The van der Waals surface area contributed by atoms with E-state index in [1.165, 1.54) is 0 Å². The summed E-state index contributed by atoms with van der Waals surface area (Å²) >= 11 is 9.93. The van der Waals surface area contributed by atoms with Crippen LogP contribution in [0.5, 0.6) is 5.75 Å². The van der Waals surface area contributed by atoms with Crippen LogP contribution in [0.1, 0.15) is 16.8 Å². The maximum atomic E-state index is 13.2. The highest BCUT2D eigenvalue weighted by Gasteiger charge is 2.21. The summed E-state index contributed by atoms with van der Waals surface area (Å²) in [4.78, 5) is 15.4. The van der Waals surface area contributed by atoms with Crippen molar-refractivity contribution in [2.24, 2.45) is 0 Å². The number of carbonyl (C=O) groups excluding carboxylic acids is 1. The van der Waals surface area contributed by atoms with Crippen molar-refractivity contribution in [1.82, 2.24) is 15.1 Å². The van der Waals surface area contributed by atoms with Gasteiger partial charge in [-0.25, -0.2) is 4.68 Å². The highest BCUT2D eigenvalue weighted by atomic mass is 79.9. The summed E-state index contributed by atoms with van der Waals surface area (Å²) in [6, 6.07) is 23.4. The predicted molar refractivity (Wildman–Crippen MR) is 145 cm³/mol. The largest absolute Gasteiger partial charge is 0.495 e. The maximum absolute atomic E-state index is 13.2. The van der Waals surface area contributed by atoms with Crippen molar-refractivity contribution >= 4 is 39.1 Å². The topological polar surface area (TPSA) is 59.4 Å². The number of hydrogen-bond acceptors (Lipinski definition) is 4. The number of carbonyl (C=O) groups is 1. The van der Waals surface area contributed by atoms with E-state index in [9.17, 15) is 4.79 Å². The SMILES string of the molecule is COc1ccc(-c2c(C(=O)NCCCN(C)c3ccccc3)cnn2-c2cccc(Br)c2)cc1Cl. The summed E-state index contributed by atoms with van der Waals surface area (Å²) in [5.41, 5.74) is 3.87. The molecule has 8 heteroatoms. The number of hydrogen-bond donors (Lipinski definition) is 1. The van der Waals surface area contributed by atoms with Gasteiger partial charge in [-0.3, -0.25) is 4.79 Å². The predicted octanol–water partition coefficient (Wildman–Crippen LogP) is 6.22. The molecule has 180 valence electrons. The lowest BCUT2D eigenvalue weighted by Gasteiger charge is -2.19. The Morgan fingerprint density at radius 2 is 1.91 bits per heavy atom. The fourth-order valence-corrected chi connectivity index (χ4v) is 4.48. The van der Waals surface area contributed by atoms with Gasteiger partial charge in [-0.05, 0) is 55.0 Å². The van der Waals surface area contributed by atoms with Gasteiger partial charge in [-0.15, -0.1) is 0 Å². The molecule has 0 aliphatic rings. The van der Waals surface area contributed by atoms with Crippen LogP contribution in [0.4, 0.5) is 5.69 Å². The number of benzene rings is 3. The summed E-state index contributed by atoms with van der Waals surface area (Å²) in [6.07, 6.45) is 2.40. The molecule has 3 aromatic carbocycles. The van der Waals surface area contributed by atoms with Gasteiger partial charge in [0.15, 0.2) is 0 Å². The third kappa shape index (κ3) is 5.86. The molecule has 6 nitrogen and oxygen atoms in total. The van der Waals surface area contributed by atoms with Crippen molar-refractivity contribution in [3.63, 3.8) is 0 Å². The first-order chi connectivity index (χ1) is 17.0. The number of ether oxygens (including phenoxy) is 1. The van der Waals surface area contributed by atoms with Crippen LogP contribution in [0.25, 0.3) is 16.9 Å². The smallest absolute Gasteiger partial charge is 0.255 e. The minimum atomic E-state index is -0.185. The van der Waals surface area contributed by atoms with E-state index >= 15 is 0 Å². The summed E-state index contributed by atoms with van der Waals surface area (Å²) in [6.45, 7) is 1.36. The summed E-state index contributed by atoms with van der Waals surface area (Å²) < 4.78 is 7.96. The van der Waals surface area contributed by atoms with Crippen molar-refractivity contribution in [2.75, 3.05) is 32.1 Å². The Balaban J connectivity index is 1.56. The molecule has 1 amide bonds. The van der Waals surface area contributed by atoms with Crippen molar-refractivity contribution < 1.29 is 9.53 Å². The van der Waals surface area contributed by atoms with Gasteiger partial charge in [-0.2, -0.15) is 5.10 Å². The van der Waals surface area contributed by atoms with Crippen LogP contribution in [0.3, 0.4) is 0 Å². The van der Waals surface area contributed by atoms with E-state index in [0.717, 1.165) is 34.4 Å². The normalized spacial score (nSPS) is 10.7. The number of methoxy groups -OCH3 is 1. The molecule has 1 N–H and O–H groups in total. The van der Waals surface area contributed by atoms with E-state index in [1.54, 1.807) is 30.1 Å². The van der Waals surface area contributed by atoms with Crippen LogP contribution in [0.15, 0.2) is 83.5 Å². The van der Waals surface area contributed by atoms with Crippen molar-refractivity contribution in [2.45, 2.75) is 6.42 Å². The van der Waals surface area contributed by atoms with Crippen LogP contribution in [0.2, 0.25) is 5.02 Å². The Hall–Kier alpha value is -3.29. The Kier molecular flexibility index (Phi) is 8.10. The second-order valence-corrected chi connectivity index (χ2v) is 9.34. The molecule has 0 aliphatic carbocycles. The number of rotatable bonds is 9. The van der Waals surface area contributed by atoms with E-state index in [0.29, 0.717) is 28.6 Å². The second kappa shape index (κ2) is 11.4. The Morgan fingerprint density at radius 3 is 2.63 bits per heavy atom. The standard InChI is InChI=1S/C27H26BrClN4O2/c1-32(21-9-4-3-5-10-21)15-7-14-30-27(34)23-18-31-33(22-11-6-8-20(28)17-22)26(23)19-12-13-25(35-2)24(29)16-19/h3-6,8-13,16-18H,7,14-15H2,1-2H3,(H,30,34). The number of amides is 1. The molecule has 35 heavy (non-hydrogen) atoms. The van der Waals surface area contributed by atoms with Crippen LogP contribution < -0.4 is 15.0 Å². The zero-order chi connectivity index (χ0) is 24.8. The molecular formula is C27H26BrClN4O2. The molecular weight excluding hydrogens is 528 g/mol. The van der Waals surface area contributed by atoms with Gasteiger partial charge in [0, 0.05) is 35.9 Å². The van der Waals surface area contributed by atoms with Gasteiger partial charge in [0.2, 0.25) is 0 Å². The Morgan fingerprint density at radius 1 is 1.11 bits per heavy atom. The van der Waals surface area contributed by atoms with Crippen LogP contribution >= 0.6 is 27.5 Å². The van der Waals surface area contributed by atoms with Crippen molar-refractivity contribution in [3.05, 3.63) is 94.1 Å². The molecule has 0 spiro atoms. The molecule has 0 fully saturated rings. The Bertz CT molecular complexity index is 1310. The van der Waals surface area contributed by atoms with E-state index in [4.69, 9.17) is 16.3 Å². The molecule has 0 bridgehead atoms. The lowest BCUT2D eigenvalue weighted by Crippen LogP contribution is -2.28. The van der Waals surface area contributed by atoms with E-state index < -0.39 is 0 Å². The lowest BCUT2D eigenvalue weighted by atomic mass is 10.1. The molecule has 0 radical (unpaired) electrons. The van der Waals surface area contributed by atoms with Gasteiger partial charge < -0.3 is 15.0 Å². The number of aromatic nitrogens is 2. The van der Waals surface area contributed by atoms with E-state index in [1.807, 2.05) is 55.6 Å². The van der Waals surface area contributed by atoms with Crippen LogP contribution in [-0.4, -0.2) is 42.9 Å². The van der Waals surface area contributed by atoms with Crippen LogP contribution in [0, 0.1) is 0 Å². The third-order valence-corrected chi connectivity index (χ3v) is 6.43. The number of halogens is 2. The molecule has 0 saturated carbocycles. The monoisotopic (exact) mass is 552 g/mol. The number of para-hydroxylation sites is 1. The summed E-state index contributed by atoms with van der Waals surface area (Å²) in [7, 11) is 3.62. The van der Waals surface area contributed by atoms with Crippen molar-refractivity contribution in [3.8, 4) is 22.7 Å². The van der Waals surface area contributed by atoms with Gasteiger partial charge in [-0.1, -0.05) is 51.8 Å². The molecule has 1 aromatic heterocycles. The zero-order valence-corrected chi connectivity index (χ0v) is 21.9. The Labute approximate surface area is 218 Å². The quantitative estimate of drug-likeness (QED) is 0.250. The molecule has 1 heterocycles. The number of nitrogens with one attached hydrogen (secondary N) is 1. The number of anilines is 1. The fraction of sp³-hybridized carbons (Fsp3) is 0.185. The number of nitrogens with zero attached hydrogens (tertiary/aromatic N) is 3. The fourth-order valence-electron chi connectivity index (χ4n) is 3.83. The first-order valence-electron chi connectivity index (χ1n) is 11.2. The van der Waals surface area contributed by atoms with Gasteiger partial charge >= 0.3 is 0 Å². The molecule has 0 atom stereocenters. The average molecular weight is 554 g/mol. The molecule has 0 unspecified atom stereocenters. The third-order valence-electron chi connectivity index (χ3n) is 5.64. The first kappa shape index (κ1) is 24.8. The average Bonchev–Trinajstić information content (AvgIpc) is 3.32. The summed E-state index contributed by atoms with van der Waals surface area (Å²) in [5, 5.41) is 8.05. The highest BCUT2D eigenvalue weighted by molar-refractivity contribution is 9.10. The molecule has 0 aliphatic heterocycles. The van der Waals surface area contributed by atoms with Crippen LogP contribution in [-0.2, 0) is 0 Å². The van der Waals surface area contributed by atoms with Gasteiger partial charge in [0.05, 0.1) is 35.3 Å². The first-order valence-corrected chi connectivity index (χ1v) is 12.4. The van der Waals surface area contributed by atoms with Gasteiger partial charge in [0.25, 0.3) is 5.91 Å². The molecule has 4 aromatic rings.